The quantitative estimate of drug-likeness (QED) is 0.878. The van der Waals surface area contributed by atoms with Gasteiger partial charge in [-0.05, 0) is 41.5 Å². The molecular weight excluding hydrogens is 276 g/mol. The van der Waals surface area contributed by atoms with Crippen molar-refractivity contribution in [1.29, 1.82) is 0 Å². The third-order valence-electron chi connectivity index (χ3n) is 5.18. The highest BCUT2D eigenvalue weighted by molar-refractivity contribution is 5.80. The summed E-state index contributed by atoms with van der Waals surface area (Å²) in [4.78, 5) is 0. The molecule has 1 N–H and O–H groups in total. The van der Waals surface area contributed by atoms with Gasteiger partial charge in [0.2, 0.25) is 0 Å². The van der Waals surface area contributed by atoms with Crippen molar-refractivity contribution < 1.29 is 14.6 Å². The Kier molecular flexibility index (Phi) is 2.64. The summed E-state index contributed by atoms with van der Waals surface area (Å²) >= 11 is 0. The van der Waals surface area contributed by atoms with Crippen LogP contribution in [0.2, 0.25) is 0 Å². The van der Waals surface area contributed by atoms with E-state index in [2.05, 4.69) is 24.3 Å². The number of benzene rings is 2. The summed E-state index contributed by atoms with van der Waals surface area (Å²) < 4.78 is 11.9. The fourth-order valence-electron chi connectivity index (χ4n) is 4.27. The predicted molar refractivity (Wildman–Crippen MR) is 82.9 cm³/mol. The molecule has 3 aliphatic rings. The van der Waals surface area contributed by atoms with Crippen LogP contribution in [0.1, 0.15) is 34.8 Å². The lowest BCUT2D eigenvalue weighted by molar-refractivity contribution is -0.0586. The van der Waals surface area contributed by atoms with Crippen molar-refractivity contribution >= 4 is 0 Å². The van der Waals surface area contributed by atoms with Crippen molar-refractivity contribution in [3.8, 4) is 16.9 Å². The first kappa shape index (κ1) is 12.7. The van der Waals surface area contributed by atoms with E-state index in [1.54, 1.807) is 0 Å². The highest BCUT2D eigenvalue weighted by Gasteiger charge is 2.41. The summed E-state index contributed by atoms with van der Waals surface area (Å²) in [6.45, 7) is 0.931. The van der Waals surface area contributed by atoms with Crippen molar-refractivity contribution in [3.63, 3.8) is 0 Å². The van der Waals surface area contributed by atoms with Crippen molar-refractivity contribution in [1.82, 2.24) is 0 Å². The second-order valence-corrected chi connectivity index (χ2v) is 6.38. The average Bonchev–Trinajstić information content (AvgIpc) is 3.19. The number of aliphatic hydroxyl groups excluding tert-OH is 1. The third kappa shape index (κ3) is 1.58. The van der Waals surface area contributed by atoms with Crippen molar-refractivity contribution in [3.05, 3.63) is 52.6 Å². The Morgan fingerprint density at radius 1 is 1.00 bits per heavy atom. The van der Waals surface area contributed by atoms with Crippen LogP contribution in [0, 0.1) is 0 Å². The van der Waals surface area contributed by atoms with Crippen LogP contribution in [0.5, 0.6) is 5.75 Å². The minimum Gasteiger partial charge on any atom is -0.490 e. The van der Waals surface area contributed by atoms with Gasteiger partial charge in [0, 0.05) is 11.1 Å². The SMILES string of the molecule is O[C@@H]1COc2c(-c3ccccc3)c3c(c4c2[C@@H]1OC4)CCC3. The molecule has 2 aliphatic heterocycles. The van der Waals surface area contributed by atoms with Crippen LogP contribution in [0.3, 0.4) is 0 Å². The largest absolute Gasteiger partial charge is 0.490 e. The van der Waals surface area contributed by atoms with Gasteiger partial charge in [-0.3, -0.25) is 0 Å². The molecule has 3 nitrogen and oxygen atoms in total. The first-order chi connectivity index (χ1) is 10.8. The Labute approximate surface area is 129 Å². The molecule has 0 bridgehead atoms. The van der Waals surface area contributed by atoms with E-state index in [4.69, 9.17) is 9.47 Å². The number of rotatable bonds is 1. The average molecular weight is 294 g/mol. The summed E-state index contributed by atoms with van der Waals surface area (Å²) in [7, 11) is 0. The molecule has 2 atom stereocenters. The fourth-order valence-corrected chi connectivity index (χ4v) is 4.27. The number of fused-ring (bicyclic) bond motifs is 2. The summed E-state index contributed by atoms with van der Waals surface area (Å²) in [6, 6.07) is 10.5. The van der Waals surface area contributed by atoms with Gasteiger partial charge >= 0.3 is 0 Å². The standard InChI is InChI=1S/C19H18O3/c20-15-10-22-19-16(11-5-2-1-3-6-11)13-8-4-7-12(13)14-9-21-18(15)17(14)19/h1-3,5-6,15,18,20H,4,7-10H2/t15-,18-/m1/s1. The first-order valence-corrected chi connectivity index (χ1v) is 8.03. The molecule has 0 fully saturated rings. The van der Waals surface area contributed by atoms with Gasteiger partial charge in [0.25, 0.3) is 0 Å². The van der Waals surface area contributed by atoms with Crippen molar-refractivity contribution in [2.75, 3.05) is 6.61 Å². The molecule has 0 unspecified atom stereocenters. The van der Waals surface area contributed by atoms with E-state index < -0.39 is 6.10 Å². The van der Waals surface area contributed by atoms with Crippen LogP contribution < -0.4 is 4.74 Å². The third-order valence-corrected chi connectivity index (χ3v) is 5.18. The molecule has 0 saturated carbocycles. The highest BCUT2D eigenvalue weighted by Crippen LogP contribution is 2.52. The van der Waals surface area contributed by atoms with E-state index in [0.717, 1.165) is 24.2 Å². The smallest absolute Gasteiger partial charge is 0.133 e. The molecule has 3 heteroatoms. The molecule has 1 aliphatic carbocycles. The molecule has 0 saturated heterocycles. The zero-order valence-electron chi connectivity index (χ0n) is 12.3. The van der Waals surface area contributed by atoms with Gasteiger partial charge in [0.1, 0.15) is 24.6 Å². The topological polar surface area (TPSA) is 38.7 Å². The van der Waals surface area contributed by atoms with Crippen LogP contribution in [-0.4, -0.2) is 17.8 Å². The molecule has 0 aromatic heterocycles. The summed E-state index contributed by atoms with van der Waals surface area (Å²) in [5.41, 5.74) is 7.71. The second-order valence-electron chi connectivity index (χ2n) is 6.38. The van der Waals surface area contributed by atoms with E-state index in [1.165, 1.54) is 34.2 Å². The minimum atomic E-state index is -0.558. The zero-order chi connectivity index (χ0) is 14.7. The Hall–Kier alpha value is -1.84. The molecule has 2 aromatic carbocycles. The maximum absolute atomic E-state index is 10.2. The van der Waals surface area contributed by atoms with E-state index in [0.29, 0.717) is 13.2 Å². The number of hydrogen-bond acceptors (Lipinski definition) is 3. The summed E-state index contributed by atoms with van der Waals surface area (Å²) in [5, 5.41) is 10.2. The fraction of sp³-hybridized carbons (Fsp3) is 0.368. The number of ether oxygens (including phenoxy) is 2. The molecule has 0 radical (unpaired) electrons. The second kappa shape index (κ2) is 4.58. The minimum absolute atomic E-state index is 0.216. The van der Waals surface area contributed by atoms with Crippen LogP contribution in [0.4, 0.5) is 0 Å². The molecule has 0 spiro atoms. The van der Waals surface area contributed by atoms with Crippen LogP contribution >= 0.6 is 0 Å². The monoisotopic (exact) mass is 294 g/mol. The Morgan fingerprint density at radius 3 is 2.68 bits per heavy atom. The Morgan fingerprint density at radius 2 is 1.82 bits per heavy atom. The maximum Gasteiger partial charge on any atom is 0.133 e. The molecule has 0 amide bonds. The maximum atomic E-state index is 10.2. The van der Waals surface area contributed by atoms with Crippen LogP contribution in [0.25, 0.3) is 11.1 Å². The van der Waals surface area contributed by atoms with Crippen molar-refractivity contribution in [2.24, 2.45) is 0 Å². The van der Waals surface area contributed by atoms with Gasteiger partial charge in [-0.25, -0.2) is 0 Å². The van der Waals surface area contributed by atoms with Gasteiger partial charge in [0.15, 0.2) is 0 Å². The van der Waals surface area contributed by atoms with Gasteiger partial charge in [0.05, 0.1) is 6.61 Å². The molecule has 2 aromatic rings. The van der Waals surface area contributed by atoms with E-state index in [-0.39, 0.29) is 6.10 Å². The summed E-state index contributed by atoms with van der Waals surface area (Å²) in [5.74, 6) is 0.953. The number of hydrogen-bond donors (Lipinski definition) is 1. The molecule has 5 rings (SSSR count). The Balaban J connectivity index is 1.85. The first-order valence-electron chi connectivity index (χ1n) is 8.03. The lowest BCUT2D eigenvalue weighted by atomic mass is 9.86. The van der Waals surface area contributed by atoms with E-state index >= 15 is 0 Å². The molecule has 112 valence electrons. The van der Waals surface area contributed by atoms with Gasteiger partial charge in [-0.1, -0.05) is 30.3 Å². The predicted octanol–water partition coefficient (Wildman–Crippen LogP) is 3.17. The van der Waals surface area contributed by atoms with E-state index in [9.17, 15) is 5.11 Å². The highest BCUT2D eigenvalue weighted by atomic mass is 16.5. The van der Waals surface area contributed by atoms with Crippen LogP contribution in [0.15, 0.2) is 30.3 Å². The lowest BCUT2D eigenvalue weighted by Gasteiger charge is -2.29. The number of aliphatic hydroxyl groups is 1. The van der Waals surface area contributed by atoms with E-state index in [1.807, 2.05) is 6.07 Å². The summed E-state index contributed by atoms with van der Waals surface area (Å²) in [6.07, 6.45) is 2.64. The molecular formula is C19H18O3. The molecule has 2 heterocycles. The van der Waals surface area contributed by atoms with Crippen LogP contribution in [-0.2, 0) is 24.2 Å². The van der Waals surface area contributed by atoms with Gasteiger partial charge in [-0.2, -0.15) is 0 Å². The Bertz CT molecular complexity index is 751. The zero-order valence-corrected chi connectivity index (χ0v) is 12.3. The normalized spacial score (nSPS) is 24.8. The van der Waals surface area contributed by atoms with Gasteiger partial charge in [-0.15, -0.1) is 0 Å². The van der Waals surface area contributed by atoms with Crippen molar-refractivity contribution in [2.45, 2.75) is 38.1 Å². The molecule has 22 heavy (non-hydrogen) atoms. The lowest BCUT2D eigenvalue weighted by Crippen LogP contribution is -2.30. The van der Waals surface area contributed by atoms with Gasteiger partial charge < -0.3 is 14.6 Å².